The predicted molar refractivity (Wildman–Crippen MR) is 123 cm³/mol. The highest BCUT2D eigenvalue weighted by Crippen LogP contribution is 2.44. The van der Waals surface area contributed by atoms with E-state index in [0.29, 0.717) is 6.54 Å². The molecule has 2 amide bonds. The number of likely N-dealkylation sites (N-methyl/N-ethyl adjacent to an activating group) is 1. The number of ether oxygens (including phenoxy) is 2. The molecule has 0 aliphatic heterocycles. The first-order valence-corrected chi connectivity index (χ1v) is 11.0. The third kappa shape index (κ3) is 5.51. The van der Waals surface area contributed by atoms with Gasteiger partial charge in [0.1, 0.15) is 12.6 Å². The highest BCUT2D eigenvalue weighted by molar-refractivity contribution is 5.86. The van der Waals surface area contributed by atoms with Gasteiger partial charge < -0.3 is 24.8 Å². The van der Waals surface area contributed by atoms with Crippen LogP contribution in [0.3, 0.4) is 0 Å². The molecule has 8 heteroatoms. The maximum absolute atomic E-state index is 12.9. The van der Waals surface area contributed by atoms with Crippen molar-refractivity contribution in [1.82, 2.24) is 10.2 Å². The molecule has 0 saturated carbocycles. The van der Waals surface area contributed by atoms with Crippen molar-refractivity contribution in [1.29, 1.82) is 0 Å². The summed E-state index contributed by atoms with van der Waals surface area (Å²) in [5.41, 5.74) is 4.44. The van der Waals surface area contributed by atoms with Crippen molar-refractivity contribution < 1.29 is 29.0 Å². The first-order chi connectivity index (χ1) is 15.9. The zero-order chi connectivity index (χ0) is 24.0. The van der Waals surface area contributed by atoms with Gasteiger partial charge in [0.15, 0.2) is 0 Å². The quantitative estimate of drug-likeness (QED) is 0.572. The molecular formula is C25H30N2O6. The summed E-state index contributed by atoms with van der Waals surface area (Å²) in [5.74, 6) is -2.23. The van der Waals surface area contributed by atoms with E-state index in [4.69, 9.17) is 14.6 Å². The standard InChI is InChI=1S/C25H30N2O6/c1-4-27(13-16(2)24(29)30)23(28)22(15-32-3)26-25(31)33-14-21-19-11-7-5-9-17(19)18-10-6-8-12-20(18)21/h5-12,16,21-22H,4,13-15H2,1-3H3,(H,26,31)(H,29,30)/t16?,22-/m0/s1. The van der Waals surface area contributed by atoms with Crippen LogP contribution in [0.4, 0.5) is 4.79 Å². The van der Waals surface area contributed by atoms with Crippen molar-refractivity contribution in [2.24, 2.45) is 5.92 Å². The van der Waals surface area contributed by atoms with Crippen LogP contribution >= 0.6 is 0 Å². The minimum absolute atomic E-state index is 0.0389. The Balaban J connectivity index is 1.66. The van der Waals surface area contributed by atoms with Crippen LogP contribution in [-0.2, 0) is 19.1 Å². The average molecular weight is 455 g/mol. The number of nitrogens with one attached hydrogen (secondary N) is 1. The number of benzene rings is 2. The number of hydrogen-bond acceptors (Lipinski definition) is 5. The Hall–Kier alpha value is -3.39. The lowest BCUT2D eigenvalue weighted by Gasteiger charge is -2.27. The molecule has 1 unspecified atom stereocenters. The maximum atomic E-state index is 12.9. The van der Waals surface area contributed by atoms with E-state index in [0.717, 1.165) is 22.3 Å². The number of nitrogens with zero attached hydrogens (tertiary/aromatic N) is 1. The van der Waals surface area contributed by atoms with Crippen LogP contribution in [0.2, 0.25) is 0 Å². The van der Waals surface area contributed by atoms with Gasteiger partial charge in [-0.25, -0.2) is 4.79 Å². The summed E-state index contributed by atoms with van der Waals surface area (Å²) in [6.45, 7) is 3.70. The van der Waals surface area contributed by atoms with Crippen LogP contribution in [0.1, 0.15) is 30.9 Å². The summed E-state index contributed by atoms with van der Waals surface area (Å²) < 4.78 is 10.6. The zero-order valence-corrected chi connectivity index (χ0v) is 19.1. The van der Waals surface area contributed by atoms with Crippen molar-refractivity contribution in [3.63, 3.8) is 0 Å². The van der Waals surface area contributed by atoms with Crippen LogP contribution in [0.5, 0.6) is 0 Å². The molecule has 1 aliphatic rings. The first-order valence-electron chi connectivity index (χ1n) is 11.0. The third-order valence-corrected chi connectivity index (χ3v) is 5.88. The number of carboxylic acids is 1. The lowest BCUT2D eigenvalue weighted by atomic mass is 9.98. The predicted octanol–water partition coefficient (Wildman–Crippen LogP) is 3.11. The Bertz CT molecular complexity index is 962. The number of carbonyl (C=O) groups is 3. The van der Waals surface area contributed by atoms with Crippen LogP contribution in [0.15, 0.2) is 48.5 Å². The highest BCUT2D eigenvalue weighted by Gasteiger charge is 2.31. The molecule has 3 rings (SSSR count). The second-order valence-corrected chi connectivity index (χ2v) is 8.09. The molecule has 8 nitrogen and oxygen atoms in total. The van der Waals surface area contributed by atoms with Crippen molar-refractivity contribution in [2.45, 2.75) is 25.8 Å². The normalized spacial score (nSPS) is 14.0. The Morgan fingerprint density at radius 1 is 1.06 bits per heavy atom. The number of carboxylic acid groups (broad SMARTS) is 1. The Morgan fingerprint density at radius 2 is 1.64 bits per heavy atom. The fraction of sp³-hybridized carbons (Fsp3) is 0.400. The number of alkyl carbamates (subject to hydrolysis) is 1. The molecule has 0 radical (unpaired) electrons. The zero-order valence-electron chi connectivity index (χ0n) is 19.1. The van der Waals surface area contributed by atoms with Crippen LogP contribution in [0.25, 0.3) is 11.1 Å². The monoisotopic (exact) mass is 454 g/mol. The average Bonchev–Trinajstić information content (AvgIpc) is 3.14. The van der Waals surface area contributed by atoms with E-state index in [1.165, 1.54) is 18.9 Å². The summed E-state index contributed by atoms with van der Waals surface area (Å²) in [5, 5.41) is 11.7. The van der Waals surface area contributed by atoms with Gasteiger partial charge in [-0.1, -0.05) is 55.5 Å². The number of methoxy groups -OCH3 is 1. The number of hydrogen-bond donors (Lipinski definition) is 2. The first kappa shape index (κ1) is 24.3. The largest absolute Gasteiger partial charge is 0.481 e. The molecule has 0 aromatic heterocycles. The summed E-state index contributed by atoms with van der Waals surface area (Å²) >= 11 is 0. The van der Waals surface area contributed by atoms with Gasteiger partial charge in [-0.2, -0.15) is 0 Å². The van der Waals surface area contributed by atoms with E-state index in [1.54, 1.807) is 6.92 Å². The van der Waals surface area contributed by atoms with E-state index < -0.39 is 29.9 Å². The number of rotatable bonds is 10. The fourth-order valence-corrected chi connectivity index (χ4v) is 4.13. The molecule has 33 heavy (non-hydrogen) atoms. The lowest BCUT2D eigenvalue weighted by molar-refractivity contribution is -0.143. The number of amides is 2. The third-order valence-electron chi connectivity index (χ3n) is 5.88. The molecule has 2 aromatic carbocycles. The van der Waals surface area contributed by atoms with Crippen LogP contribution in [-0.4, -0.2) is 67.4 Å². The summed E-state index contributed by atoms with van der Waals surface area (Å²) in [6, 6.07) is 15.1. The van der Waals surface area contributed by atoms with Gasteiger partial charge in [0.05, 0.1) is 12.5 Å². The Labute approximate surface area is 193 Å². The lowest BCUT2D eigenvalue weighted by Crippen LogP contribution is -2.52. The summed E-state index contributed by atoms with van der Waals surface area (Å²) in [6.07, 6.45) is -0.727. The second-order valence-electron chi connectivity index (χ2n) is 8.09. The molecule has 176 valence electrons. The molecular weight excluding hydrogens is 424 g/mol. The molecule has 1 aliphatic carbocycles. The Morgan fingerprint density at radius 3 is 2.15 bits per heavy atom. The van der Waals surface area contributed by atoms with Crippen molar-refractivity contribution in [3.05, 3.63) is 59.7 Å². The van der Waals surface area contributed by atoms with Crippen molar-refractivity contribution in [2.75, 3.05) is 33.4 Å². The smallest absolute Gasteiger partial charge is 0.407 e. The van der Waals surface area contributed by atoms with Gasteiger partial charge in [-0.05, 0) is 29.2 Å². The molecule has 0 fully saturated rings. The fourth-order valence-electron chi connectivity index (χ4n) is 4.13. The summed E-state index contributed by atoms with van der Waals surface area (Å²) in [4.78, 5) is 38.1. The second kappa shape index (κ2) is 11.0. The van der Waals surface area contributed by atoms with Crippen molar-refractivity contribution >= 4 is 18.0 Å². The molecule has 0 heterocycles. The van der Waals surface area contributed by atoms with E-state index in [2.05, 4.69) is 17.4 Å². The number of carbonyl (C=O) groups excluding carboxylic acids is 2. The molecule has 2 atom stereocenters. The van der Waals surface area contributed by atoms with Gasteiger partial charge in [-0.3, -0.25) is 9.59 Å². The van der Waals surface area contributed by atoms with E-state index in [-0.39, 0.29) is 25.7 Å². The molecule has 0 bridgehead atoms. The Kier molecular flexibility index (Phi) is 8.06. The number of fused-ring (bicyclic) bond motifs is 3. The highest BCUT2D eigenvalue weighted by atomic mass is 16.5. The van der Waals surface area contributed by atoms with Gasteiger partial charge >= 0.3 is 12.1 Å². The SMILES string of the molecule is CCN(CC(C)C(=O)O)C(=O)[C@H](COC)NC(=O)OCC1c2ccccc2-c2ccccc21. The molecule has 2 aromatic rings. The van der Waals surface area contributed by atoms with Gasteiger partial charge in [0, 0.05) is 26.1 Å². The minimum atomic E-state index is -0.992. The molecule has 2 N–H and O–H groups in total. The number of aliphatic carboxylic acids is 1. The van der Waals surface area contributed by atoms with E-state index in [9.17, 15) is 14.4 Å². The molecule has 0 spiro atoms. The topological polar surface area (TPSA) is 105 Å². The maximum Gasteiger partial charge on any atom is 0.407 e. The van der Waals surface area contributed by atoms with Gasteiger partial charge in [0.25, 0.3) is 0 Å². The summed E-state index contributed by atoms with van der Waals surface area (Å²) in [7, 11) is 1.43. The minimum Gasteiger partial charge on any atom is -0.481 e. The van der Waals surface area contributed by atoms with Crippen LogP contribution < -0.4 is 5.32 Å². The van der Waals surface area contributed by atoms with Crippen LogP contribution in [0, 0.1) is 5.92 Å². The van der Waals surface area contributed by atoms with Gasteiger partial charge in [-0.15, -0.1) is 0 Å². The van der Waals surface area contributed by atoms with Crippen molar-refractivity contribution in [3.8, 4) is 11.1 Å². The van der Waals surface area contributed by atoms with E-state index in [1.807, 2.05) is 36.4 Å². The van der Waals surface area contributed by atoms with E-state index >= 15 is 0 Å². The van der Waals surface area contributed by atoms with Gasteiger partial charge in [0.2, 0.25) is 5.91 Å². The molecule has 0 saturated heterocycles.